The number of rotatable bonds is 4. The number of nitrogens with zero attached hydrogens (tertiary/aromatic N) is 5. The maximum absolute atomic E-state index is 11.2. The number of carbonyl (C=O) groups is 1. The number of aliphatic carboxylic acids is 1. The van der Waals surface area contributed by atoms with Gasteiger partial charge >= 0.3 is 5.97 Å². The zero-order valence-corrected chi connectivity index (χ0v) is 9.93. The summed E-state index contributed by atoms with van der Waals surface area (Å²) >= 11 is 0. The highest BCUT2D eigenvalue weighted by molar-refractivity contribution is 5.73. The number of aryl methyl sites for hydroxylation is 1. The van der Waals surface area contributed by atoms with E-state index in [1.165, 1.54) is 17.8 Å². The molecule has 0 fully saturated rings. The molecule has 0 aliphatic heterocycles. The molecule has 2 rings (SSSR count). The molecule has 0 spiro atoms. The first-order chi connectivity index (χ1) is 8.50. The van der Waals surface area contributed by atoms with Gasteiger partial charge in [-0.25, -0.2) is 4.79 Å². The predicted octanol–water partition coefficient (Wildman–Crippen LogP) is -0.315. The molecule has 0 saturated heterocycles. The minimum atomic E-state index is -1.14. The lowest BCUT2D eigenvalue weighted by Crippen LogP contribution is -2.29. The third-order valence-corrected chi connectivity index (χ3v) is 2.55. The number of hydrogen-bond donors (Lipinski definition) is 2. The number of carboxylic acids is 1. The summed E-state index contributed by atoms with van der Waals surface area (Å²) in [6.07, 6.45) is 3.48. The Kier molecular flexibility index (Phi) is 3.11. The van der Waals surface area contributed by atoms with Crippen molar-refractivity contribution in [2.45, 2.75) is 19.1 Å². The van der Waals surface area contributed by atoms with E-state index >= 15 is 0 Å². The fourth-order valence-corrected chi connectivity index (χ4v) is 1.75. The molecule has 0 radical (unpaired) electrons. The van der Waals surface area contributed by atoms with Gasteiger partial charge in [-0.15, -0.1) is 10.2 Å². The smallest absolute Gasteiger partial charge is 0.329 e. The van der Waals surface area contributed by atoms with Crippen LogP contribution in [0.15, 0.2) is 18.7 Å². The molecule has 0 saturated carbocycles. The molecule has 0 aliphatic rings. The fraction of sp³-hybridized carbons (Fsp3) is 0.400. The Morgan fingerprint density at radius 3 is 2.72 bits per heavy atom. The van der Waals surface area contributed by atoms with Gasteiger partial charge in [-0.2, -0.15) is 5.10 Å². The molecular formula is C10H13N5O3. The van der Waals surface area contributed by atoms with Crippen molar-refractivity contribution in [1.82, 2.24) is 24.5 Å². The van der Waals surface area contributed by atoms with Crippen LogP contribution in [0.5, 0.6) is 0 Å². The summed E-state index contributed by atoms with van der Waals surface area (Å²) in [6, 6.07) is -1.13. The Hall–Kier alpha value is -2.22. The van der Waals surface area contributed by atoms with Gasteiger partial charge in [-0.1, -0.05) is 0 Å². The van der Waals surface area contributed by atoms with Crippen LogP contribution in [0.25, 0.3) is 11.4 Å². The molecule has 18 heavy (non-hydrogen) atoms. The topological polar surface area (TPSA) is 106 Å². The first-order valence-corrected chi connectivity index (χ1v) is 5.30. The first-order valence-electron chi connectivity index (χ1n) is 5.30. The molecule has 2 aromatic heterocycles. The minimum absolute atomic E-state index is 0.358. The molecule has 2 aromatic rings. The van der Waals surface area contributed by atoms with Crippen molar-refractivity contribution in [3.8, 4) is 11.4 Å². The number of hydrogen-bond acceptors (Lipinski definition) is 5. The highest BCUT2D eigenvalue weighted by atomic mass is 16.4. The SMILES string of the molecule is CC(O)C(C(=O)O)n1cnnc1-c1cnn(C)c1. The van der Waals surface area contributed by atoms with Gasteiger partial charge in [0, 0.05) is 13.2 Å². The van der Waals surface area contributed by atoms with Crippen LogP contribution in [0.2, 0.25) is 0 Å². The average Bonchev–Trinajstić information content (AvgIpc) is 2.85. The number of aromatic nitrogens is 5. The second kappa shape index (κ2) is 4.57. The summed E-state index contributed by atoms with van der Waals surface area (Å²) in [5.41, 5.74) is 0.641. The number of carboxylic acid groups (broad SMARTS) is 1. The summed E-state index contributed by atoms with van der Waals surface area (Å²) in [7, 11) is 1.74. The normalized spacial score (nSPS) is 14.4. The highest BCUT2D eigenvalue weighted by Crippen LogP contribution is 2.21. The molecule has 0 aliphatic carbocycles. The molecule has 0 bridgehead atoms. The van der Waals surface area contributed by atoms with Crippen molar-refractivity contribution >= 4 is 5.97 Å². The van der Waals surface area contributed by atoms with Gasteiger partial charge in [-0.05, 0) is 6.92 Å². The van der Waals surface area contributed by atoms with E-state index in [1.54, 1.807) is 24.1 Å². The molecule has 2 atom stereocenters. The van der Waals surface area contributed by atoms with E-state index in [0.29, 0.717) is 11.4 Å². The predicted molar refractivity (Wildman–Crippen MR) is 60.6 cm³/mol. The van der Waals surface area contributed by atoms with Crippen molar-refractivity contribution < 1.29 is 15.0 Å². The van der Waals surface area contributed by atoms with Gasteiger partial charge in [-0.3, -0.25) is 9.25 Å². The van der Waals surface area contributed by atoms with E-state index in [2.05, 4.69) is 15.3 Å². The van der Waals surface area contributed by atoms with Gasteiger partial charge in [0.1, 0.15) is 6.33 Å². The lowest BCUT2D eigenvalue weighted by Gasteiger charge is -2.17. The quantitative estimate of drug-likeness (QED) is 0.771. The monoisotopic (exact) mass is 251 g/mol. The summed E-state index contributed by atoms with van der Waals surface area (Å²) < 4.78 is 2.90. The Bertz CT molecular complexity index is 559. The summed E-state index contributed by atoms with van der Waals surface area (Å²) in [4.78, 5) is 11.2. The zero-order chi connectivity index (χ0) is 13.3. The van der Waals surface area contributed by atoms with Gasteiger partial charge in [0.15, 0.2) is 11.9 Å². The molecule has 96 valence electrons. The molecule has 2 unspecified atom stereocenters. The van der Waals surface area contributed by atoms with Gasteiger partial charge in [0.2, 0.25) is 0 Å². The molecule has 8 heteroatoms. The van der Waals surface area contributed by atoms with Gasteiger partial charge < -0.3 is 10.2 Å². The average molecular weight is 251 g/mol. The van der Waals surface area contributed by atoms with Crippen molar-refractivity contribution in [2.75, 3.05) is 0 Å². The first kappa shape index (κ1) is 12.2. The molecule has 8 nitrogen and oxygen atoms in total. The van der Waals surface area contributed by atoms with Crippen LogP contribution >= 0.6 is 0 Å². The molecular weight excluding hydrogens is 238 g/mol. The fourth-order valence-electron chi connectivity index (χ4n) is 1.75. The second-order valence-corrected chi connectivity index (χ2v) is 3.99. The maximum atomic E-state index is 11.2. The molecule has 0 amide bonds. The third-order valence-electron chi connectivity index (χ3n) is 2.55. The van der Waals surface area contributed by atoms with Crippen molar-refractivity contribution in [2.24, 2.45) is 7.05 Å². The van der Waals surface area contributed by atoms with Gasteiger partial charge in [0.25, 0.3) is 0 Å². The van der Waals surface area contributed by atoms with Crippen molar-refractivity contribution in [1.29, 1.82) is 0 Å². The highest BCUT2D eigenvalue weighted by Gasteiger charge is 2.28. The Morgan fingerprint density at radius 2 is 2.22 bits per heavy atom. The van der Waals surface area contributed by atoms with Gasteiger partial charge in [0.05, 0.1) is 17.9 Å². The third kappa shape index (κ3) is 2.09. The lowest BCUT2D eigenvalue weighted by molar-refractivity contribution is -0.144. The van der Waals surface area contributed by atoms with Crippen molar-refractivity contribution in [3.05, 3.63) is 18.7 Å². The number of aliphatic hydroxyl groups excluding tert-OH is 1. The van der Waals surface area contributed by atoms with Crippen LogP contribution in [0.1, 0.15) is 13.0 Å². The molecule has 2 heterocycles. The van der Waals surface area contributed by atoms with Crippen LogP contribution in [-0.4, -0.2) is 46.8 Å². The van der Waals surface area contributed by atoms with E-state index in [9.17, 15) is 9.90 Å². The number of aliphatic hydroxyl groups is 1. The van der Waals surface area contributed by atoms with E-state index < -0.39 is 18.1 Å². The van der Waals surface area contributed by atoms with Crippen LogP contribution < -0.4 is 0 Å². The summed E-state index contributed by atoms with van der Waals surface area (Å²) in [5, 5.41) is 30.2. The van der Waals surface area contributed by atoms with Crippen LogP contribution in [0.3, 0.4) is 0 Å². The van der Waals surface area contributed by atoms with Crippen molar-refractivity contribution in [3.63, 3.8) is 0 Å². The Balaban J connectivity index is 2.47. The van der Waals surface area contributed by atoms with E-state index in [0.717, 1.165) is 0 Å². The van der Waals surface area contributed by atoms with Crippen LogP contribution in [0.4, 0.5) is 0 Å². The van der Waals surface area contributed by atoms with E-state index in [1.807, 2.05) is 0 Å². The van der Waals surface area contributed by atoms with E-state index in [4.69, 9.17) is 5.11 Å². The maximum Gasteiger partial charge on any atom is 0.329 e. The zero-order valence-electron chi connectivity index (χ0n) is 9.93. The molecule has 2 N–H and O–H groups in total. The standard InChI is InChI=1S/C10H13N5O3/c1-6(16)8(10(17)18)15-5-11-13-9(15)7-3-12-14(2)4-7/h3-6,8,16H,1-2H3,(H,17,18). The van der Waals surface area contributed by atoms with Crippen LogP contribution in [0, 0.1) is 0 Å². The van der Waals surface area contributed by atoms with E-state index in [-0.39, 0.29) is 0 Å². The van der Waals surface area contributed by atoms with Crippen LogP contribution in [-0.2, 0) is 11.8 Å². The summed E-state index contributed by atoms with van der Waals surface area (Å²) in [5.74, 6) is -0.786. The second-order valence-electron chi connectivity index (χ2n) is 3.99. The summed E-state index contributed by atoms with van der Waals surface area (Å²) in [6.45, 7) is 1.41. The molecule has 0 aromatic carbocycles. The minimum Gasteiger partial charge on any atom is -0.480 e. The Morgan fingerprint density at radius 1 is 1.50 bits per heavy atom. The largest absolute Gasteiger partial charge is 0.480 e. The Labute approximate surface area is 102 Å². The lowest BCUT2D eigenvalue weighted by atomic mass is 10.1.